The number of sulfonamides is 1. The van der Waals surface area contributed by atoms with Crippen molar-refractivity contribution < 1.29 is 21.6 Å². The summed E-state index contributed by atoms with van der Waals surface area (Å²) in [5.41, 5.74) is -5.23. The van der Waals surface area contributed by atoms with E-state index in [0.29, 0.717) is 23.1 Å². The minimum Gasteiger partial charge on any atom is -0.353 e. The van der Waals surface area contributed by atoms with Crippen LogP contribution in [-0.4, -0.2) is 69.4 Å². The van der Waals surface area contributed by atoms with E-state index in [2.05, 4.69) is 10.3 Å². The van der Waals surface area contributed by atoms with Crippen LogP contribution < -0.4 is 5.32 Å². The van der Waals surface area contributed by atoms with Crippen molar-refractivity contribution in [2.75, 3.05) is 34.2 Å². The van der Waals surface area contributed by atoms with Crippen LogP contribution in [-0.2, 0) is 10.0 Å². The van der Waals surface area contributed by atoms with Gasteiger partial charge in [0.25, 0.3) is 0 Å². The zero-order valence-corrected chi connectivity index (χ0v) is 15.2. The number of piperidine rings is 1. The van der Waals surface area contributed by atoms with Crippen LogP contribution in [0.25, 0.3) is 0 Å². The second kappa shape index (κ2) is 7.81. The summed E-state index contributed by atoms with van der Waals surface area (Å²) in [5, 5.41) is 3.09. The van der Waals surface area contributed by atoms with Crippen molar-refractivity contribution in [3.8, 4) is 0 Å². The molecule has 0 aliphatic carbocycles. The maximum absolute atomic E-state index is 12.4. The SMILES string of the molecule is CN=C(NC1CCN(S(=O)(=O)C(F)(F)F)CC1)N(C)C.I. The van der Waals surface area contributed by atoms with Gasteiger partial charge in [0.2, 0.25) is 0 Å². The Morgan fingerprint density at radius 2 is 1.76 bits per heavy atom. The van der Waals surface area contributed by atoms with E-state index in [4.69, 9.17) is 0 Å². The standard InChI is InChI=1S/C10H19F3N4O2S.HI/c1-14-9(16(2)3)15-8-4-6-17(7-5-8)20(18,19)10(11,12)13;/h8H,4-7H2,1-3H3,(H,14,15);1H. The molecule has 1 aliphatic heterocycles. The molecule has 0 unspecified atom stereocenters. The first kappa shape index (κ1) is 20.7. The van der Waals surface area contributed by atoms with Crippen molar-refractivity contribution in [3.63, 3.8) is 0 Å². The molecule has 1 saturated heterocycles. The molecular weight excluding hydrogens is 424 g/mol. The number of alkyl halides is 3. The van der Waals surface area contributed by atoms with E-state index in [1.165, 1.54) is 0 Å². The first-order chi connectivity index (χ1) is 9.09. The minimum atomic E-state index is -5.23. The number of hydrogen-bond donors (Lipinski definition) is 1. The summed E-state index contributed by atoms with van der Waals surface area (Å²) in [7, 11) is -0.0251. The van der Waals surface area contributed by atoms with Gasteiger partial charge in [-0.05, 0) is 12.8 Å². The Kier molecular flexibility index (Phi) is 7.70. The van der Waals surface area contributed by atoms with Gasteiger partial charge < -0.3 is 10.2 Å². The lowest BCUT2D eigenvalue weighted by atomic mass is 10.1. The van der Waals surface area contributed by atoms with Gasteiger partial charge in [-0.2, -0.15) is 17.5 Å². The number of halogens is 4. The molecule has 0 aromatic rings. The molecule has 1 rings (SSSR count). The van der Waals surface area contributed by atoms with Gasteiger partial charge in [0, 0.05) is 40.3 Å². The fourth-order valence-corrected chi connectivity index (χ4v) is 2.95. The maximum Gasteiger partial charge on any atom is 0.511 e. The average molecular weight is 444 g/mol. The minimum absolute atomic E-state index is 0. The fraction of sp³-hybridized carbons (Fsp3) is 0.900. The number of hydrogen-bond acceptors (Lipinski definition) is 3. The number of aliphatic imine (C=N–C) groups is 1. The van der Waals surface area contributed by atoms with E-state index in [-0.39, 0.29) is 43.1 Å². The monoisotopic (exact) mass is 444 g/mol. The average Bonchev–Trinajstić information content (AvgIpc) is 2.34. The third-order valence-corrected chi connectivity index (χ3v) is 4.68. The van der Waals surface area contributed by atoms with Crippen LogP contribution >= 0.6 is 24.0 Å². The summed E-state index contributed by atoms with van der Waals surface area (Å²) < 4.78 is 60.2. The second-order valence-corrected chi connectivity index (χ2v) is 6.64. The Hall–Kier alpha value is -0.300. The lowest BCUT2D eigenvalue weighted by molar-refractivity contribution is -0.0494. The van der Waals surface area contributed by atoms with Crippen molar-refractivity contribution in [2.24, 2.45) is 4.99 Å². The summed E-state index contributed by atoms with van der Waals surface area (Å²) in [6.45, 7) is -0.298. The van der Waals surface area contributed by atoms with Crippen molar-refractivity contribution in [1.82, 2.24) is 14.5 Å². The highest BCUT2D eigenvalue weighted by Gasteiger charge is 2.50. The van der Waals surface area contributed by atoms with Gasteiger partial charge in [0.05, 0.1) is 0 Å². The molecule has 0 saturated carbocycles. The lowest BCUT2D eigenvalue weighted by Gasteiger charge is -2.33. The number of guanidine groups is 1. The van der Waals surface area contributed by atoms with E-state index < -0.39 is 15.5 Å². The predicted molar refractivity (Wildman–Crippen MR) is 85.2 cm³/mol. The van der Waals surface area contributed by atoms with Gasteiger partial charge in [-0.25, -0.2) is 8.42 Å². The van der Waals surface area contributed by atoms with Crippen molar-refractivity contribution >= 4 is 40.0 Å². The molecule has 0 amide bonds. The van der Waals surface area contributed by atoms with Gasteiger partial charge in [-0.1, -0.05) is 0 Å². The van der Waals surface area contributed by atoms with Gasteiger partial charge in [0.1, 0.15) is 0 Å². The first-order valence-electron chi connectivity index (χ1n) is 6.06. The first-order valence-corrected chi connectivity index (χ1v) is 7.50. The number of nitrogens with one attached hydrogen (secondary N) is 1. The van der Waals surface area contributed by atoms with Gasteiger partial charge in [0.15, 0.2) is 5.96 Å². The molecule has 0 radical (unpaired) electrons. The molecule has 11 heteroatoms. The molecule has 0 spiro atoms. The summed E-state index contributed by atoms with van der Waals surface area (Å²) in [4.78, 5) is 5.76. The van der Waals surface area contributed by atoms with Gasteiger partial charge in [-0.15, -0.1) is 24.0 Å². The van der Waals surface area contributed by atoms with E-state index >= 15 is 0 Å². The maximum atomic E-state index is 12.4. The van der Waals surface area contributed by atoms with E-state index in [1.54, 1.807) is 26.0 Å². The molecule has 0 atom stereocenters. The highest BCUT2D eigenvalue weighted by atomic mass is 127. The van der Waals surface area contributed by atoms with Crippen LogP contribution in [0, 0.1) is 0 Å². The Labute approximate surface area is 139 Å². The predicted octanol–water partition coefficient (Wildman–Crippen LogP) is 1.06. The Balaban J connectivity index is 0.00000400. The number of nitrogens with zero attached hydrogens (tertiary/aromatic N) is 3. The third-order valence-electron chi connectivity index (χ3n) is 3.05. The fourth-order valence-electron chi connectivity index (χ4n) is 1.96. The second-order valence-electron chi connectivity index (χ2n) is 4.71. The normalized spacial score (nSPS) is 19.0. The van der Waals surface area contributed by atoms with Crippen molar-refractivity contribution in [1.29, 1.82) is 0 Å². The van der Waals surface area contributed by atoms with E-state index in [9.17, 15) is 21.6 Å². The molecule has 0 aromatic heterocycles. The Morgan fingerprint density at radius 3 is 2.10 bits per heavy atom. The largest absolute Gasteiger partial charge is 0.511 e. The van der Waals surface area contributed by atoms with Gasteiger partial charge in [-0.3, -0.25) is 4.99 Å². The van der Waals surface area contributed by atoms with Crippen molar-refractivity contribution in [2.45, 2.75) is 24.4 Å². The molecule has 1 aliphatic rings. The zero-order valence-electron chi connectivity index (χ0n) is 12.0. The Morgan fingerprint density at radius 1 is 1.29 bits per heavy atom. The zero-order chi connectivity index (χ0) is 15.6. The Bertz CT molecular complexity index is 459. The summed E-state index contributed by atoms with van der Waals surface area (Å²) >= 11 is 0. The summed E-state index contributed by atoms with van der Waals surface area (Å²) in [6.07, 6.45) is 0.615. The molecule has 21 heavy (non-hydrogen) atoms. The highest BCUT2D eigenvalue weighted by Crippen LogP contribution is 2.28. The van der Waals surface area contributed by atoms with Crippen LogP contribution in [0.2, 0.25) is 0 Å². The molecule has 0 aromatic carbocycles. The van der Waals surface area contributed by atoms with Crippen LogP contribution in [0.5, 0.6) is 0 Å². The molecule has 1 fully saturated rings. The molecule has 6 nitrogen and oxygen atoms in total. The van der Waals surface area contributed by atoms with Crippen LogP contribution in [0.15, 0.2) is 4.99 Å². The summed E-state index contributed by atoms with van der Waals surface area (Å²) in [5.74, 6) is 0.613. The van der Waals surface area contributed by atoms with Crippen molar-refractivity contribution in [3.05, 3.63) is 0 Å². The molecule has 126 valence electrons. The quantitative estimate of drug-likeness (QED) is 0.393. The molecular formula is C10H20F3IN4O2S. The topological polar surface area (TPSA) is 65.0 Å². The van der Waals surface area contributed by atoms with E-state index in [0.717, 1.165) is 0 Å². The highest BCUT2D eigenvalue weighted by molar-refractivity contribution is 14.0. The third kappa shape index (κ3) is 5.13. The molecule has 1 heterocycles. The summed E-state index contributed by atoms with van der Waals surface area (Å²) in [6, 6.07) is -0.0872. The van der Waals surface area contributed by atoms with Gasteiger partial charge >= 0.3 is 15.5 Å². The molecule has 1 N–H and O–H groups in total. The number of rotatable bonds is 2. The van der Waals surface area contributed by atoms with Crippen LogP contribution in [0.3, 0.4) is 0 Å². The van der Waals surface area contributed by atoms with E-state index in [1.807, 2.05) is 0 Å². The lowest BCUT2D eigenvalue weighted by Crippen LogP contribution is -2.51. The molecule has 0 bridgehead atoms. The van der Waals surface area contributed by atoms with Crippen LogP contribution in [0.4, 0.5) is 13.2 Å². The smallest absolute Gasteiger partial charge is 0.353 e. The van der Waals surface area contributed by atoms with Crippen LogP contribution in [0.1, 0.15) is 12.8 Å².